The Morgan fingerprint density at radius 2 is 1.59 bits per heavy atom. The van der Waals surface area contributed by atoms with Crippen LogP contribution < -0.4 is 15.4 Å². The van der Waals surface area contributed by atoms with Crippen LogP contribution in [0.1, 0.15) is 57.4 Å². The molecule has 2 aromatic carbocycles. The molecule has 0 spiro atoms. The molecule has 0 bridgehead atoms. The van der Waals surface area contributed by atoms with Crippen LogP contribution >= 0.6 is 0 Å². The number of benzene rings is 2. The van der Waals surface area contributed by atoms with E-state index in [1.165, 1.54) is 23.1 Å². The second-order valence-electron chi connectivity index (χ2n) is 7.69. The summed E-state index contributed by atoms with van der Waals surface area (Å²) in [6.07, 6.45) is 0.230. The fourth-order valence-electron chi connectivity index (χ4n) is 3.47. The Balaban J connectivity index is 1.47. The van der Waals surface area contributed by atoms with Crippen molar-refractivity contribution in [2.75, 3.05) is 19.7 Å². The topological polar surface area (TPSA) is 105 Å². The van der Waals surface area contributed by atoms with Crippen LogP contribution in [0.2, 0.25) is 0 Å². The van der Waals surface area contributed by atoms with Crippen LogP contribution in [0.15, 0.2) is 42.5 Å². The monoisotopic (exact) mass is 437 g/mol. The van der Waals surface area contributed by atoms with Crippen molar-refractivity contribution >= 4 is 23.6 Å². The minimum atomic E-state index is -0.392. The van der Waals surface area contributed by atoms with Gasteiger partial charge in [-0.1, -0.05) is 12.1 Å². The molecule has 0 radical (unpaired) electrons. The second-order valence-corrected chi connectivity index (χ2v) is 7.69. The molecule has 0 aromatic heterocycles. The highest BCUT2D eigenvalue weighted by Gasteiger charge is 2.37. The van der Waals surface area contributed by atoms with E-state index in [1.54, 1.807) is 13.8 Å². The number of amides is 4. The first-order chi connectivity index (χ1) is 15.3. The van der Waals surface area contributed by atoms with Crippen molar-refractivity contribution in [2.45, 2.75) is 33.2 Å². The van der Waals surface area contributed by atoms with Crippen molar-refractivity contribution in [3.05, 3.63) is 64.7 Å². The van der Waals surface area contributed by atoms with Crippen LogP contribution in [0, 0.1) is 0 Å². The van der Waals surface area contributed by atoms with Crippen molar-refractivity contribution in [3.63, 3.8) is 0 Å². The van der Waals surface area contributed by atoms with Gasteiger partial charge < -0.3 is 15.4 Å². The van der Waals surface area contributed by atoms with Gasteiger partial charge in [-0.3, -0.25) is 24.1 Å². The first kappa shape index (κ1) is 23.0. The minimum absolute atomic E-state index is 0.154. The summed E-state index contributed by atoms with van der Waals surface area (Å²) in [7, 11) is 0. The van der Waals surface area contributed by atoms with E-state index in [4.69, 9.17) is 4.74 Å². The maximum Gasteiger partial charge on any atom is 0.261 e. The highest BCUT2D eigenvalue weighted by molar-refractivity contribution is 6.22. The van der Waals surface area contributed by atoms with Crippen LogP contribution in [-0.4, -0.2) is 54.3 Å². The van der Waals surface area contributed by atoms with Crippen molar-refractivity contribution in [2.24, 2.45) is 0 Å². The van der Waals surface area contributed by atoms with Crippen LogP contribution in [-0.2, 0) is 11.2 Å². The summed E-state index contributed by atoms with van der Waals surface area (Å²) in [6.45, 7) is 6.52. The van der Waals surface area contributed by atoms with E-state index < -0.39 is 5.91 Å². The molecule has 0 aliphatic carbocycles. The smallest absolute Gasteiger partial charge is 0.261 e. The molecule has 8 nitrogen and oxygen atoms in total. The molecule has 0 atom stereocenters. The second kappa shape index (κ2) is 10.1. The highest BCUT2D eigenvalue weighted by atomic mass is 16.5. The number of hydrogen-bond donors (Lipinski definition) is 2. The highest BCUT2D eigenvalue weighted by Crippen LogP contribution is 2.25. The minimum Gasteiger partial charge on any atom is -0.494 e. The maximum absolute atomic E-state index is 12.5. The number of carbonyl (C=O) groups is 4. The molecule has 168 valence electrons. The average Bonchev–Trinajstić information content (AvgIpc) is 3.02. The van der Waals surface area contributed by atoms with Crippen LogP contribution in [0.25, 0.3) is 0 Å². The van der Waals surface area contributed by atoms with E-state index in [0.29, 0.717) is 12.2 Å². The number of hydrogen-bond acceptors (Lipinski definition) is 5. The third kappa shape index (κ3) is 5.14. The van der Waals surface area contributed by atoms with Gasteiger partial charge in [0.25, 0.3) is 17.7 Å². The summed E-state index contributed by atoms with van der Waals surface area (Å²) in [5, 5.41) is 5.47. The van der Waals surface area contributed by atoms with E-state index in [-0.39, 0.29) is 54.4 Å². The molecule has 1 heterocycles. The van der Waals surface area contributed by atoms with Crippen molar-refractivity contribution in [1.29, 1.82) is 0 Å². The van der Waals surface area contributed by atoms with Gasteiger partial charge in [0.05, 0.1) is 24.2 Å². The molecule has 0 saturated carbocycles. The third-order valence-electron chi connectivity index (χ3n) is 5.03. The lowest BCUT2D eigenvalue weighted by molar-refractivity contribution is -0.120. The molecule has 1 aliphatic heterocycles. The molecule has 3 rings (SSSR count). The SMILES string of the molecule is CCOc1ccc(CC(=O)NCCNC(=O)c2ccc3c(c2)C(=O)N(C(C)C)C3=O)cc1. The van der Waals surface area contributed by atoms with E-state index >= 15 is 0 Å². The Labute approximate surface area is 186 Å². The molecule has 32 heavy (non-hydrogen) atoms. The van der Waals surface area contributed by atoms with Gasteiger partial charge in [0.1, 0.15) is 5.75 Å². The first-order valence-electron chi connectivity index (χ1n) is 10.6. The molecule has 4 amide bonds. The predicted molar refractivity (Wildman–Crippen MR) is 119 cm³/mol. The predicted octanol–water partition coefficient (Wildman–Crippen LogP) is 2.18. The summed E-state index contributed by atoms with van der Waals surface area (Å²) in [4.78, 5) is 50.5. The normalized spacial score (nSPS) is 12.7. The number of imide groups is 1. The summed E-state index contributed by atoms with van der Waals surface area (Å²) >= 11 is 0. The van der Waals surface area contributed by atoms with E-state index in [0.717, 1.165) is 11.3 Å². The number of nitrogens with one attached hydrogen (secondary N) is 2. The van der Waals surface area contributed by atoms with Gasteiger partial charge in [0, 0.05) is 24.7 Å². The standard InChI is InChI=1S/C24H27N3O5/c1-4-32-18-8-5-16(6-9-18)13-21(28)25-11-12-26-22(29)17-7-10-19-20(14-17)24(31)27(15(2)3)23(19)30/h5-10,14-15H,4,11-13H2,1-3H3,(H,25,28)(H,26,29). The van der Waals surface area contributed by atoms with Gasteiger partial charge in [0.2, 0.25) is 5.91 Å². The molecule has 1 aliphatic rings. The number of rotatable bonds is 9. The maximum atomic E-state index is 12.5. The number of fused-ring (bicyclic) bond motifs is 1. The zero-order valence-electron chi connectivity index (χ0n) is 18.4. The molecule has 2 aromatic rings. The van der Waals surface area contributed by atoms with Gasteiger partial charge in [-0.25, -0.2) is 0 Å². The number of ether oxygens (including phenoxy) is 1. The van der Waals surface area contributed by atoms with Gasteiger partial charge in [-0.05, 0) is 56.7 Å². The fraction of sp³-hybridized carbons (Fsp3) is 0.333. The molecular weight excluding hydrogens is 410 g/mol. The molecule has 8 heteroatoms. The van der Waals surface area contributed by atoms with Crippen LogP contribution in [0.5, 0.6) is 5.75 Å². The lowest BCUT2D eigenvalue weighted by atomic mass is 10.1. The largest absolute Gasteiger partial charge is 0.494 e. The molecule has 0 fully saturated rings. The lowest BCUT2D eigenvalue weighted by Gasteiger charge is -2.17. The summed E-state index contributed by atoms with van der Waals surface area (Å²) in [6, 6.07) is 11.5. The van der Waals surface area contributed by atoms with E-state index in [1.807, 2.05) is 31.2 Å². The quantitative estimate of drug-likeness (QED) is 0.462. The molecule has 0 saturated heterocycles. The summed E-state index contributed by atoms with van der Waals surface area (Å²) in [5.74, 6) is -0.511. The zero-order chi connectivity index (χ0) is 23.3. The summed E-state index contributed by atoms with van der Waals surface area (Å²) < 4.78 is 5.38. The van der Waals surface area contributed by atoms with Crippen LogP contribution in [0.4, 0.5) is 0 Å². The van der Waals surface area contributed by atoms with Crippen molar-refractivity contribution in [3.8, 4) is 5.75 Å². The molecular formula is C24H27N3O5. The Kier molecular flexibility index (Phi) is 7.25. The third-order valence-corrected chi connectivity index (χ3v) is 5.03. The Morgan fingerprint density at radius 1 is 0.938 bits per heavy atom. The number of carbonyl (C=O) groups excluding carboxylic acids is 4. The Hall–Kier alpha value is -3.68. The Bertz CT molecular complexity index is 1030. The summed E-state index contributed by atoms with van der Waals surface area (Å²) in [5.41, 5.74) is 1.70. The lowest BCUT2D eigenvalue weighted by Crippen LogP contribution is -2.36. The molecule has 2 N–H and O–H groups in total. The molecule has 0 unspecified atom stereocenters. The van der Waals surface area contributed by atoms with Gasteiger partial charge in [-0.15, -0.1) is 0 Å². The van der Waals surface area contributed by atoms with Gasteiger partial charge in [0.15, 0.2) is 0 Å². The number of nitrogens with zero attached hydrogens (tertiary/aromatic N) is 1. The van der Waals surface area contributed by atoms with E-state index in [2.05, 4.69) is 10.6 Å². The van der Waals surface area contributed by atoms with Gasteiger partial charge >= 0.3 is 0 Å². The van der Waals surface area contributed by atoms with Gasteiger partial charge in [-0.2, -0.15) is 0 Å². The van der Waals surface area contributed by atoms with E-state index in [9.17, 15) is 19.2 Å². The first-order valence-corrected chi connectivity index (χ1v) is 10.6. The van der Waals surface area contributed by atoms with Crippen molar-refractivity contribution < 1.29 is 23.9 Å². The average molecular weight is 437 g/mol. The Morgan fingerprint density at radius 3 is 2.25 bits per heavy atom. The van der Waals surface area contributed by atoms with Crippen molar-refractivity contribution in [1.82, 2.24) is 15.5 Å². The van der Waals surface area contributed by atoms with Crippen LogP contribution in [0.3, 0.4) is 0 Å². The fourth-order valence-corrected chi connectivity index (χ4v) is 3.47. The zero-order valence-corrected chi connectivity index (χ0v) is 18.4.